The first-order chi connectivity index (χ1) is 27.0. The summed E-state index contributed by atoms with van der Waals surface area (Å²) in [6.07, 6.45) is 6.93. The van der Waals surface area contributed by atoms with E-state index in [-0.39, 0.29) is 35.7 Å². The first-order valence-corrected chi connectivity index (χ1v) is 19.5. The molecular formula is C42H52N8O6. The number of methoxy groups -OCH3 is 2. The molecule has 0 aliphatic carbocycles. The molecule has 4 amide bonds. The molecule has 0 bridgehead atoms. The Kier molecular flexibility index (Phi) is 12.6. The van der Waals surface area contributed by atoms with Crippen LogP contribution in [0.15, 0.2) is 48.8 Å². The summed E-state index contributed by atoms with van der Waals surface area (Å²) in [7, 11) is 2.59. The molecule has 0 saturated carbocycles. The molecule has 0 radical (unpaired) electrons. The standard InChI is InChI=1S/C42H52N8O6/c1-7-25(3)35(47-41(53)55-5)39(51)49-19-9-11-33(49)37-43-23-31(45-37)18-14-27-13-15-29-22-30(17-16-28(29)21-27)32-24-44-38(46-32)34-12-10-20-50(34)40(52)36(26(4)8-2)48-42(54)56-6/h13,15-17,21-26,33-36H,7-12,19-20H2,1-6H3,(H,43,45)(H,44,46)(H,47,53)(H,48,54)/t25-,26-,33-,34-,35-,36-/m0/s1. The molecule has 0 unspecified atom stereocenters. The number of imidazole rings is 2. The van der Waals surface area contributed by atoms with E-state index in [0.717, 1.165) is 71.9 Å². The van der Waals surface area contributed by atoms with E-state index >= 15 is 0 Å². The molecule has 2 aromatic heterocycles. The Morgan fingerprint density at radius 1 is 0.768 bits per heavy atom. The first kappa shape index (κ1) is 39.8. The van der Waals surface area contributed by atoms with Gasteiger partial charge in [0.25, 0.3) is 0 Å². The maximum Gasteiger partial charge on any atom is 0.407 e. The van der Waals surface area contributed by atoms with Crippen LogP contribution in [0, 0.1) is 23.7 Å². The average molecular weight is 765 g/mol. The zero-order valence-electron chi connectivity index (χ0n) is 33.0. The third-order valence-corrected chi connectivity index (χ3v) is 11.3. The van der Waals surface area contributed by atoms with E-state index in [2.05, 4.69) is 49.6 Å². The molecule has 4 aromatic rings. The third kappa shape index (κ3) is 8.67. The van der Waals surface area contributed by atoms with Gasteiger partial charge >= 0.3 is 12.2 Å². The number of hydrogen-bond acceptors (Lipinski definition) is 8. The first-order valence-electron chi connectivity index (χ1n) is 19.5. The fraction of sp³-hybridized carbons (Fsp3) is 0.476. The zero-order chi connectivity index (χ0) is 39.9. The third-order valence-electron chi connectivity index (χ3n) is 11.3. The van der Waals surface area contributed by atoms with Crippen molar-refractivity contribution in [2.24, 2.45) is 11.8 Å². The van der Waals surface area contributed by atoms with Gasteiger partial charge in [0.15, 0.2) is 0 Å². The van der Waals surface area contributed by atoms with E-state index in [9.17, 15) is 19.2 Å². The van der Waals surface area contributed by atoms with E-state index in [4.69, 9.17) is 14.5 Å². The van der Waals surface area contributed by atoms with Crippen molar-refractivity contribution in [3.8, 4) is 23.1 Å². The van der Waals surface area contributed by atoms with Crippen molar-refractivity contribution in [3.63, 3.8) is 0 Å². The lowest BCUT2D eigenvalue weighted by Gasteiger charge is -2.30. The molecule has 2 aromatic carbocycles. The topological polar surface area (TPSA) is 175 Å². The van der Waals surface area contributed by atoms with Crippen molar-refractivity contribution in [1.29, 1.82) is 0 Å². The Labute approximate surface area is 327 Å². The van der Waals surface area contributed by atoms with Gasteiger partial charge in [-0.05, 0) is 72.4 Å². The molecule has 2 fully saturated rings. The van der Waals surface area contributed by atoms with Crippen LogP contribution in [0.2, 0.25) is 0 Å². The minimum atomic E-state index is -0.685. The predicted octanol–water partition coefficient (Wildman–Crippen LogP) is 6.22. The lowest BCUT2D eigenvalue weighted by atomic mass is 9.97. The number of alkyl carbamates (subject to hydrolysis) is 2. The second-order valence-electron chi connectivity index (χ2n) is 14.8. The Hall–Kier alpha value is -5.84. The van der Waals surface area contributed by atoms with Crippen LogP contribution >= 0.6 is 0 Å². The highest BCUT2D eigenvalue weighted by atomic mass is 16.5. The van der Waals surface area contributed by atoms with Crippen molar-refractivity contribution in [2.45, 2.75) is 90.4 Å². The second kappa shape index (κ2) is 17.7. The number of fused-ring (bicyclic) bond motifs is 1. The van der Waals surface area contributed by atoms with Gasteiger partial charge in [-0.15, -0.1) is 0 Å². The largest absolute Gasteiger partial charge is 0.453 e. The van der Waals surface area contributed by atoms with Gasteiger partial charge in [0.2, 0.25) is 11.8 Å². The Morgan fingerprint density at radius 3 is 1.88 bits per heavy atom. The fourth-order valence-corrected chi connectivity index (χ4v) is 7.58. The molecule has 4 N–H and O–H groups in total. The van der Waals surface area contributed by atoms with Gasteiger partial charge in [-0.25, -0.2) is 19.6 Å². The summed E-state index contributed by atoms with van der Waals surface area (Å²) in [5.74, 6) is 7.44. The minimum absolute atomic E-state index is 0.0586. The summed E-state index contributed by atoms with van der Waals surface area (Å²) in [6, 6.07) is 10.4. The number of nitrogens with one attached hydrogen (secondary N) is 4. The van der Waals surface area contributed by atoms with Gasteiger partial charge in [0, 0.05) is 24.2 Å². The molecule has 2 aliphatic heterocycles. The van der Waals surface area contributed by atoms with Crippen LogP contribution in [0.4, 0.5) is 9.59 Å². The van der Waals surface area contributed by atoms with Gasteiger partial charge in [-0.2, -0.15) is 0 Å². The van der Waals surface area contributed by atoms with E-state index in [1.54, 1.807) is 17.3 Å². The van der Waals surface area contributed by atoms with Crippen LogP contribution in [-0.4, -0.2) is 93.1 Å². The van der Waals surface area contributed by atoms with Crippen molar-refractivity contribution >= 4 is 34.8 Å². The molecule has 2 aliphatic rings. The number of amides is 4. The molecule has 14 heteroatoms. The Balaban J connectivity index is 1.13. The average Bonchev–Trinajstić information content (AvgIpc) is 4.06. The molecular weight excluding hydrogens is 713 g/mol. The number of likely N-dealkylation sites (tertiary alicyclic amines) is 2. The number of hydrogen-bond donors (Lipinski definition) is 4. The van der Waals surface area contributed by atoms with Gasteiger partial charge < -0.3 is 39.9 Å². The Morgan fingerprint density at radius 2 is 1.30 bits per heavy atom. The molecule has 0 spiro atoms. The highest BCUT2D eigenvalue weighted by Gasteiger charge is 2.39. The highest BCUT2D eigenvalue weighted by molar-refractivity contribution is 5.89. The molecule has 6 atom stereocenters. The quantitative estimate of drug-likeness (QED) is 0.130. The van der Waals surface area contributed by atoms with Crippen LogP contribution in [0.25, 0.3) is 22.0 Å². The lowest BCUT2D eigenvalue weighted by molar-refractivity contribution is -0.136. The minimum Gasteiger partial charge on any atom is -0.453 e. The van der Waals surface area contributed by atoms with Crippen LogP contribution < -0.4 is 10.6 Å². The molecule has 14 nitrogen and oxygen atoms in total. The van der Waals surface area contributed by atoms with Gasteiger partial charge in [0.05, 0.1) is 44.4 Å². The summed E-state index contributed by atoms with van der Waals surface area (Å²) >= 11 is 0. The number of ether oxygens (including phenoxy) is 2. The maximum atomic E-state index is 13.7. The molecule has 296 valence electrons. The van der Waals surface area contributed by atoms with Crippen molar-refractivity contribution in [1.82, 2.24) is 40.4 Å². The monoisotopic (exact) mass is 764 g/mol. The number of carbonyl (C=O) groups excluding carboxylic acids is 4. The summed E-state index contributed by atoms with van der Waals surface area (Å²) in [5, 5.41) is 7.54. The number of nitrogens with zero attached hydrogens (tertiary/aromatic N) is 4. The van der Waals surface area contributed by atoms with Crippen molar-refractivity contribution in [3.05, 3.63) is 71.7 Å². The summed E-state index contributed by atoms with van der Waals surface area (Å²) in [5.41, 5.74) is 3.31. The Bertz CT molecular complexity index is 2120. The van der Waals surface area contributed by atoms with Gasteiger partial charge in [-0.1, -0.05) is 64.7 Å². The number of aromatic nitrogens is 4. The van der Waals surface area contributed by atoms with Crippen LogP contribution in [0.5, 0.6) is 0 Å². The maximum absolute atomic E-state index is 13.7. The van der Waals surface area contributed by atoms with E-state index in [1.165, 1.54) is 14.2 Å². The number of rotatable bonds is 11. The molecule has 2 saturated heterocycles. The van der Waals surface area contributed by atoms with Crippen LogP contribution in [0.1, 0.15) is 101 Å². The van der Waals surface area contributed by atoms with Gasteiger partial charge in [-0.3, -0.25) is 9.59 Å². The second-order valence-corrected chi connectivity index (χ2v) is 14.8. The zero-order valence-corrected chi connectivity index (χ0v) is 33.0. The molecule has 56 heavy (non-hydrogen) atoms. The van der Waals surface area contributed by atoms with E-state index < -0.39 is 24.3 Å². The van der Waals surface area contributed by atoms with E-state index in [0.29, 0.717) is 24.6 Å². The summed E-state index contributed by atoms with van der Waals surface area (Å²) in [4.78, 5) is 71.1. The lowest BCUT2D eigenvalue weighted by Crippen LogP contribution is -2.51. The van der Waals surface area contributed by atoms with Crippen LogP contribution in [0.3, 0.4) is 0 Å². The number of aromatic amines is 2. The fourth-order valence-electron chi connectivity index (χ4n) is 7.58. The van der Waals surface area contributed by atoms with E-state index in [1.807, 2.05) is 56.9 Å². The molecule has 6 rings (SSSR count). The smallest absolute Gasteiger partial charge is 0.407 e. The summed E-state index contributed by atoms with van der Waals surface area (Å²) in [6.45, 7) is 9.05. The van der Waals surface area contributed by atoms with Crippen molar-refractivity contribution < 1.29 is 28.7 Å². The highest BCUT2D eigenvalue weighted by Crippen LogP contribution is 2.34. The SMILES string of the molecule is CC[C@H](C)[C@H](NC(=O)OC)C(=O)N1CCC[C@H]1c1ncc(C#Cc2ccc3cc(-c4cnc([C@@H]5CCCN5C(=O)[C@@H](NC(=O)OC)[C@@H](C)CC)[nH]4)ccc3c2)[nH]1. The predicted molar refractivity (Wildman–Crippen MR) is 211 cm³/mol. The van der Waals surface area contributed by atoms with Gasteiger partial charge in [0.1, 0.15) is 29.4 Å². The number of H-pyrrole nitrogens is 2. The van der Waals surface area contributed by atoms with Crippen LogP contribution in [-0.2, 0) is 19.1 Å². The number of benzene rings is 2. The van der Waals surface area contributed by atoms with Crippen molar-refractivity contribution in [2.75, 3.05) is 27.3 Å². The summed E-state index contributed by atoms with van der Waals surface area (Å²) < 4.78 is 9.58. The molecule has 4 heterocycles. The normalized spacial score (nSPS) is 18.8. The number of carbonyl (C=O) groups is 4.